The van der Waals surface area contributed by atoms with Crippen molar-refractivity contribution < 1.29 is 4.79 Å². The van der Waals surface area contributed by atoms with Crippen LogP contribution < -0.4 is 10.6 Å². The second-order valence-corrected chi connectivity index (χ2v) is 7.19. The van der Waals surface area contributed by atoms with E-state index in [1.54, 1.807) is 17.1 Å². The van der Waals surface area contributed by atoms with Crippen molar-refractivity contribution in [3.8, 4) is 0 Å². The van der Waals surface area contributed by atoms with E-state index in [0.29, 0.717) is 12.0 Å². The molecule has 0 unspecified atom stereocenters. The lowest BCUT2D eigenvalue weighted by Gasteiger charge is -2.44. The van der Waals surface area contributed by atoms with Crippen LogP contribution in [0.1, 0.15) is 44.9 Å². The number of aryl methyl sites for hydroxylation is 1. The first-order valence-electron chi connectivity index (χ1n) is 8.91. The van der Waals surface area contributed by atoms with Gasteiger partial charge in [0, 0.05) is 26.3 Å². The van der Waals surface area contributed by atoms with E-state index in [2.05, 4.69) is 20.6 Å². The average molecular weight is 319 g/mol. The fourth-order valence-corrected chi connectivity index (χ4v) is 4.04. The largest absolute Gasteiger partial charge is 0.337 e. The highest BCUT2D eigenvalue weighted by atomic mass is 16.2. The SMILES string of the molecule is Cn1cc(NC(=O)NCCN2CCC3(CCCCC3)CC2)cn1. The molecule has 2 aliphatic rings. The van der Waals surface area contributed by atoms with Gasteiger partial charge in [-0.2, -0.15) is 5.10 Å². The quantitative estimate of drug-likeness (QED) is 0.896. The van der Waals surface area contributed by atoms with Crippen LogP contribution in [0.2, 0.25) is 0 Å². The van der Waals surface area contributed by atoms with E-state index in [0.717, 1.165) is 12.2 Å². The fraction of sp³-hybridized carbons (Fsp3) is 0.765. The molecule has 6 nitrogen and oxygen atoms in total. The summed E-state index contributed by atoms with van der Waals surface area (Å²) in [5.74, 6) is 0. The number of rotatable bonds is 4. The molecule has 1 aromatic heterocycles. The van der Waals surface area contributed by atoms with Crippen molar-refractivity contribution in [2.75, 3.05) is 31.5 Å². The molecular formula is C17H29N5O. The number of hydrogen-bond donors (Lipinski definition) is 2. The molecule has 0 bridgehead atoms. The molecule has 0 radical (unpaired) electrons. The minimum atomic E-state index is -0.154. The third kappa shape index (κ3) is 4.47. The first kappa shape index (κ1) is 16.3. The topological polar surface area (TPSA) is 62.2 Å². The summed E-state index contributed by atoms with van der Waals surface area (Å²) in [5.41, 5.74) is 1.38. The maximum atomic E-state index is 11.8. The molecule has 1 aliphatic heterocycles. The van der Waals surface area contributed by atoms with Gasteiger partial charge in [0.15, 0.2) is 0 Å². The maximum Gasteiger partial charge on any atom is 0.319 e. The summed E-state index contributed by atoms with van der Waals surface area (Å²) < 4.78 is 1.67. The molecule has 1 aliphatic carbocycles. The Hall–Kier alpha value is -1.56. The molecule has 23 heavy (non-hydrogen) atoms. The second kappa shape index (κ2) is 7.34. The molecule has 2 heterocycles. The van der Waals surface area contributed by atoms with Gasteiger partial charge in [0.1, 0.15) is 0 Å². The van der Waals surface area contributed by atoms with Crippen LogP contribution in [0, 0.1) is 5.41 Å². The summed E-state index contributed by atoms with van der Waals surface area (Å²) in [4.78, 5) is 14.3. The minimum absolute atomic E-state index is 0.154. The summed E-state index contributed by atoms with van der Waals surface area (Å²) in [6.07, 6.45) is 13.3. The molecule has 128 valence electrons. The van der Waals surface area contributed by atoms with Crippen LogP contribution in [-0.2, 0) is 7.05 Å². The molecule has 2 fully saturated rings. The number of nitrogens with zero attached hydrogens (tertiary/aromatic N) is 3. The van der Waals surface area contributed by atoms with Gasteiger partial charge in [0.25, 0.3) is 0 Å². The Morgan fingerprint density at radius 2 is 1.96 bits per heavy atom. The summed E-state index contributed by atoms with van der Waals surface area (Å²) in [6.45, 7) is 4.01. The number of piperidine rings is 1. The summed E-state index contributed by atoms with van der Waals surface area (Å²) in [7, 11) is 1.83. The Labute approximate surface area is 138 Å². The number of aromatic nitrogens is 2. The van der Waals surface area contributed by atoms with Gasteiger partial charge in [-0.15, -0.1) is 0 Å². The number of hydrogen-bond acceptors (Lipinski definition) is 3. The van der Waals surface area contributed by atoms with Crippen LogP contribution in [0.5, 0.6) is 0 Å². The zero-order valence-corrected chi connectivity index (χ0v) is 14.2. The van der Waals surface area contributed by atoms with E-state index in [9.17, 15) is 4.79 Å². The number of nitrogens with one attached hydrogen (secondary N) is 2. The highest BCUT2D eigenvalue weighted by molar-refractivity contribution is 5.88. The first-order valence-corrected chi connectivity index (χ1v) is 8.91. The predicted octanol–water partition coefficient (Wildman–Crippen LogP) is 2.59. The van der Waals surface area contributed by atoms with Crippen LogP contribution >= 0.6 is 0 Å². The van der Waals surface area contributed by atoms with Gasteiger partial charge in [-0.1, -0.05) is 19.3 Å². The van der Waals surface area contributed by atoms with Crippen LogP contribution in [-0.4, -0.2) is 46.9 Å². The third-order valence-electron chi connectivity index (χ3n) is 5.51. The Morgan fingerprint density at radius 1 is 1.22 bits per heavy atom. The van der Waals surface area contributed by atoms with Crippen molar-refractivity contribution in [3.05, 3.63) is 12.4 Å². The zero-order chi connectivity index (χ0) is 16.1. The minimum Gasteiger partial charge on any atom is -0.337 e. The molecule has 1 saturated carbocycles. The molecule has 2 amide bonds. The normalized spacial score (nSPS) is 21.3. The van der Waals surface area contributed by atoms with Crippen molar-refractivity contribution in [1.82, 2.24) is 20.0 Å². The molecule has 1 spiro atoms. The maximum absolute atomic E-state index is 11.8. The van der Waals surface area contributed by atoms with E-state index in [1.165, 1.54) is 58.0 Å². The van der Waals surface area contributed by atoms with Crippen LogP contribution in [0.4, 0.5) is 10.5 Å². The molecule has 6 heteroatoms. The Bertz CT molecular complexity index is 511. The lowest BCUT2D eigenvalue weighted by atomic mass is 9.68. The van der Waals surface area contributed by atoms with E-state index in [-0.39, 0.29) is 6.03 Å². The summed E-state index contributed by atoms with van der Waals surface area (Å²) >= 11 is 0. The highest BCUT2D eigenvalue weighted by Crippen LogP contribution is 2.44. The lowest BCUT2D eigenvalue weighted by molar-refractivity contribution is 0.0687. The zero-order valence-electron chi connectivity index (χ0n) is 14.2. The van der Waals surface area contributed by atoms with E-state index < -0.39 is 0 Å². The van der Waals surface area contributed by atoms with Gasteiger partial charge >= 0.3 is 6.03 Å². The van der Waals surface area contributed by atoms with E-state index in [4.69, 9.17) is 0 Å². The van der Waals surface area contributed by atoms with Crippen molar-refractivity contribution in [1.29, 1.82) is 0 Å². The molecule has 0 atom stereocenters. The van der Waals surface area contributed by atoms with Crippen molar-refractivity contribution >= 4 is 11.7 Å². The highest BCUT2D eigenvalue weighted by Gasteiger charge is 2.35. The van der Waals surface area contributed by atoms with Crippen molar-refractivity contribution in [3.63, 3.8) is 0 Å². The van der Waals surface area contributed by atoms with Gasteiger partial charge in [-0.25, -0.2) is 4.79 Å². The van der Waals surface area contributed by atoms with Crippen LogP contribution in [0.15, 0.2) is 12.4 Å². The van der Waals surface area contributed by atoms with Crippen molar-refractivity contribution in [2.45, 2.75) is 44.9 Å². The number of urea groups is 1. The summed E-state index contributed by atoms with van der Waals surface area (Å²) in [6, 6.07) is -0.154. The molecule has 2 N–H and O–H groups in total. The van der Waals surface area contributed by atoms with Gasteiger partial charge in [0.2, 0.25) is 0 Å². The number of likely N-dealkylation sites (tertiary alicyclic amines) is 1. The number of carbonyl (C=O) groups is 1. The standard InChI is InChI=1S/C17H29N5O/c1-21-14-15(13-19-21)20-16(23)18-9-12-22-10-7-17(8-11-22)5-3-2-4-6-17/h13-14H,2-12H2,1H3,(H2,18,20,23). The predicted molar refractivity (Wildman–Crippen MR) is 91.4 cm³/mol. The van der Waals surface area contributed by atoms with Crippen LogP contribution in [0.25, 0.3) is 0 Å². The smallest absolute Gasteiger partial charge is 0.319 e. The van der Waals surface area contributed by atoms with Crippen molar-refractivity contribution in [2.24, 2.45) is 12.5 Å². The Kier molecular flexibility index (Phi) is 5.20. The Balaban J connectivity index is 1.33. The first-order chi connectivity index (χ1) is 11.2. The molecule has 3 rings (SSSR count). The molecule has 1 saturated heterocycles. The number of amides is 2. The third-order valence-corrected chi connectivity index (χ3v) is 5.51. The average Bonchev–Trinajstić information content (AvgIpc) is 2.95. The molecule has 0 aromatic carbocycles. The lowest BCUT2D eigenvalue weighted by Crippen LogP contribution is -2.44. The number of anilines is 1. The van der Waals surface area contributed by atoms with Gasteiger partial charge < -0.3 is 15.5 Å². The Morgan fingerprint density at radius 3 is 2.61 bits per heavy atom. The van der Waals surface area contributed by atoms with Gasteiger partial charge in [-0.05, 0) is 44.2 Å². The monoisotopic (exact) mass is 319 g/mol. The fourth-order valence-electron chi connectivity index (χ4n) is 4.04. The molecule has 1 aromatic rings. The second-order valence-electron chi connectivity index (χ2n) is 7.19. The number of carbonyl (C=O) groups excluding carboxylic acids is 1. The van der Waals surface area contributed by atoms with Gasteiger partial charge in [0.05, 0.1) is 11.9 Å². The summed E-state index contributed by atoms with van der Waals surface area (Å²) in [5, 5.41) is 9.76. The van der Waals surface area contributed by atoms with E-state index in [1.807, 2.05) is 7.05 Å². The van der Waals surface area contributed by atoms with E-state index >= 15 is 0 Å². The van der Waals surface area contributed by atoms with Gasteiger partial charge in [-0.3, -0.25) is 4.68 Å². The van der Waals surface area contributed by atoms with Crippen LogP contribution in [0.3, 0.4) is 0 Å². The molecular weight excluding hydrogens is 290 g/mol.